The summed E-state index contributed by atoms with van der Waals surface area (Å²) in [5, 5.41) is 4.82. The summed E-state index contributed by atoms with van der Waals surface area (Å²) in [5.41, 5.74) is 4.36. The molecule has 5 rings (SSSR count). The summed E-state index contributed by atoms with van der Waals surface area (Å²) in [6, 6.07) is 18.5. The molecule has 7 heteroatoms. The van der Waals surface area contributed by atoms with E-state index in [-0.39, 0.29) is 16.9 Å². The Morgan fingerprint density at radius 2 is 1.81 bits per heavy atom. The maximum Gasteiger partial charge on any atom is 0.261 e. The average Bonchev–Trinajstić information content (AvgIpc) is 3.25. The molecule has 3 aromatic rings. The minimum absolute atomic E-state index is 0.107. The van der Waals surface area contributed by atoms with Crippen molar-refractivity contribution in [1.29, 1.82) is 0 Å². The third kappa shape index (κ3) is 3.90. The van der Waals surface area contributed by atoms with Crippen LogP contribution in [-0.2, 0) is 10.0 Å². The van der Waals surface area contributed by atoms with Crippen molar-refractivity contribution in [2.24, 2.45) is 5.92 Å². The molecule has 164 valence electrons. The highest BCUT2D eigenvalue weighted by Crippen LogP contribution is 2.50. The molecule has 0 aromatic heterocycles. The van der Waals surface area contributed by atoms with Gasteiger partial charge in [-0.1, -0.05) is 53.6 Å². The van der Waals surface area contributed by atoms with Gasteiger partial charge in [-0.05, 0) is 78.4 Å². The first kappa shape index (κ1) is 21.4. The first-order valence-electron chi connectivity index (χ1n) is 10.4. The number of allylic oxidation sites excluding steroid dienone is 2. The highest BCUT2D eigenvalue weighted by molar-refractivity contribution is 7.92. The highest BCUT2D eigenvalue weighted by atomic mass is 35.5. The minimum atomic E-state index is -3.76. The van der Waals surface area contributed by atoms with Gasteiger partial charge in [0.2, 0.25) is 0 Å². The lowest BCUT2D eigenvalue weighted by atomic mass is 9.77. The Morgan fingerprint density at radius 1 is 1.00 bits per heavy atom. The number of hydrogen-bond acceptors (Lipinski definition) is 3. The van der Waals surface area contributed by atoms with Crippen molar-refractivity contribution in [3.63, 3.8) is 0 Å². The molecule has 0 spiro atoms. The molecule has 32 heavy (non-hydrogen) atoms. The molecule has 0 saturated heterocycles. The zero-order valence-corrected chi connectivity index (χ0v) is 19.7. The zero-order chi connectivity index (χ0) is 22.5. The molecule has 1 heterocycles. The molecule has 1 aliphatic heterocycles. The number of sulfonamides is 1. The van der Waals surface area contributed by atoms with E-state index in [9.17, 15) is 8.42 Å². The Balaban J connectivity index is 1.50. The monoisotopic (exact) mass is 484 g/mol. The summed E-state index contributed by atoms with van der Waals surface area (Å²) in [5.74, 6) is 0.431. The van der Waals surface area contributed by atoms with E-state index in [0.29, 0.717) is 21.7 Å². The topological polar surface area (TPSA) is 58.2 Å². The van der Waals surface area contributed by atoms with Crippen LogP contribution in [0.25, 0.3) is 0 Å². The first-order valence-corrected chi connectivity index (χ1v) is 12.7. The largest absolute Gasteiger partial charge is 0.378 e. The van der Waals surface area contributed by atoms with Crippen LogP contribution in [0.3, 0.4) is 0 Å². The van der Waals surface area contributed by atoms with Crippen LogP contribution in [0.4, 0.5) is 11.4 Å². The SMILES string of the molecule is Cc1ccc(Cl)cc1NS(=O)(=O)c1ccc2c(c1)[C@H]1C=CC[C@H]1[C@@H](c1cccc(Cl)c1)N2. The predicted octanol–water partition coefficient (Wildman–Crippen LogP) is 6.93. The number of hydrogen-bond donors (Lipinski definition) is 2. The second kappa shape index (κ2) is 8.14. The van der Waals surface area contributed by atoms with Gasteiger partial charge in [0.25, 0.3) is 10.0 Å². The van der Waals surface area contributed by atoms with E-state index in [1.165, 1.54) is 0 Å². The van der Waals surface area contributed by atoms with Gasteiger partial charge in [-0.3, -0.25) is 4.72 Å². The van der Waals surface area contributed by atoms with Crippen molar-refractivity contribution in [3.05, 3.63) is 99.6 Å². The van der Waals surface area contributed by atoms with Crippen molar-refractivity contribution in [3.8, 4) is 0 Å². The van der Waals surface area contributed by atoms with Gasteiger partial charge in [0.15, 0.2) is 0 Å². The lowest BCUT2D eigenvalue weighted by Crippen LogP contribution is -2.29. The molecule has 0 amide bonds. The lowest BCUT2D eigenvalue weighted by Gasteiger charge is -2.37. The minimum Gasteiger partial charge on any atom is -0.378 e. The van der Waals surface area contributed by atoms with Crippen LogP contribution >= 0.6 is 23.2 Å². The Labute approximate surface area is 198 Å². The van der Waals surface area contributed by atoms with Crippen LogP contribution in [0, 0.1) is 12.8 Å². The van der Waals surface area contributed by atoms with Crippen molar-refractivity contribution in [1.82, 2.24) is 0 Å². The lowest BCUT2D eigenvalue weighted by molar-refractivity contribution is 0.425. The molecule has 3 aromatic carbocycles. The van der Waals surface area contributed by atoms with E-state index in [4.69, 9.17) is 23.2 Å². The fourth-order valence-corrected chi connectivity index (χ4v) is 6.20. The molecule has 0 fully saturated rings. The second-order valence-electron chi connectivity index (χ2n) is 8.34. The third-order valence-corrected chi connectivity index (χ3v) is 8.13. The van der Waals surface area contributed by atoms with Gasteiger partial charge in [-0.15, -0.1) is 0 Å². The van der Waals surface area contributed by atoms with Crippen LogP contribution in [0.2, 0.25) is 10.0 Å². The van der Waals surface area contributed by atoms with Gasteiger partial charge in [0.1, 0.15) is 0 Å². The van der Waals surface area contributed by atoms with Crippen LogP contribution in [0.15, 0.2) is 77.7 Å². The van der Waals surface area contributed by atoms with Gasteiger partial charge in [0, 0.05) is 21.7 Å². The van der Waals surface area contributed by atoms with E-state index >= 15 is 0 Å². The van der Waals surface area contributed by atoms with Crippen LogP contribution in [-0.4, -0.2) is 8.42 Å². The number of benzene rings is 3. The van der Waals surface area contributed by atoms with Gasteiger partial charge >= 0.3 is 0 Å². The molecule has 2 N–H and O–H groups in total. The molecule has 0 bridgehead atoms. The fraction of sp³-hybridized carbons (Fsp3) is 0.200. The standard InChI is InChI=1S/C25H22Cl2N2O2S/c1-15-8-9-18(27)13-24(15)29-32(30,31)19-10-11-23-22(14-19)20-6-3-7-21(20)25(28-23)16-4-2-5-17(26)12-16/h2-6,8-14,20-21,25,28-29H,7H2,1H3/t20-,21+,25+/m0/s1. The number of rotatable bonds is 4. The van der Waals surface area contributed by atoms with E-state index in [0.717, 1.165) is 28.8 Å². The van der Waals surface area contributed by atoms with Gasteiger partial charge in [-0.2, -0.15) is 0 Å². The number of halogens is 2. The molecular weight excluding hydrogens is 463 g/mol. The van der Waals surface area contributed by atoms with Gasteiger partial charge in [-0.25, -0.2) is 8.42 Å². The fourth-order valence-electron chi connectivity index (χ4n) is 4.68. The van der Waals surface area contributed by atoms with Crippen LogP contribution in [0.1, 0.15) is 35.1 Å². The van der Waals surface area contributed by atoms with Gasteiger partial charge in [0.05, 0.1) is 16.6 Å². The molecule has 4 nitrogen and oxygen atoms in total. The van der Waals surface area contributed by atoms with Crippen LogP contribution < -0.4 is 10.0 Å². The second-order valence-corrected chi connectivity index (χ2v) is 10.9. The van der Waals surface area contributed by atoms with Crippen molar-refractivity contribution >= 4 is 44.6 Å². The van der Waals surface area contributed by atoms with E-state index in [2.05, 4.69) is 28.3 Å². The number of nitrogens with one attached hydrogen (secondary N) is 2. The molecule has 0 saturated carbocycles. The molecule has 2 aliphatic rings. The average molecular weight is 485 g/mol. The first-order chi connectivity index (χ1) is 15.3. The van der Waals surface area contributed by atoms with E-state index in [1.807, 2.05) is 31.2 Å². The zero-order valence-electron chi connectivity index (χ0n) is 17.3. The Hall–Kier alpha value is -2.47. The van der Waals surface area contributed by atoms with E-state index in [1.54, 1.807) is 30.3 Å². The summed E-state index contributed by atoms with van der Waals surface area (Å²) < 4.78 is 29.0. The van der Waals surface area contributed by atoms with Crippen molar-refractivity contribution in [2.75, 3.05) is 10.0 Å². The van der Waals surface area contributed by atoms with Crippen molar-refractivity contribution in [2.45, 2.75) is 30.2 Å². The summed E-state index contributed by atoms with van der Waals surface area (Å²) in [7, 11) is -3.76. The van der Waals surface area contributed by atoms with Crippen LogP contribution in [0.5, 0.6) is 0 Å². The Bertz CT molecular complexity index is 1340. The Morgan fingerprint density at radius 3 is 2.62 bits per heavy atom. The van der Waals surface area contributed by atoms with E-state index < -0.39 is 10.0 Å². The molecular formula is C25H22Cl2N2O2S. The van der Waals surface area contributed by atoms with Crippen molar-refractivity contribution < 1.29 is 8.42 Å². The maximum absolute atomic E-state index is 13.2. The maximum atomic E-state index is 13.2. The number of aryl methyl sites for hydroxylation is 1. The summed E-state index contributed by atoms with van der Waals surface area (Å²) >= 11 is 12.3. The molecule has 0 unspecified atom stereocenters. The smallest absolute Gasteiger partial charge is 0.261 e. The molecule has 3 atom stereocenters. The molecule has 0 radical (unpaired) electrons. The summed E-state index contributed by atoms with van der Waals surface area (Å²) in [6.07, 6.45) is 5.29. The normalized spacial score (nSPS) is 21.5. The third-order valence-electron chi connectivity index (χ3n) is 6.30. The highest BCUT2D eigenvalue weighted by Gasteiger charge is 2.38. The quantitative estimate of drug-likeness (QED) is 0.394. The summed E-state index contributed by atoms with van der Waals surface area (Å²) in [6.45, 7) is 1.84. The predicted molar refractivity (Wildman–Crippen MR) is 131 cm³/mol. The Kier molecular flexibility index (Phi) is 5.44. The molecule has 1 aliphatic carbocycles. The van der Waals surface area contributed by atoms with Gasteiger partial charge < -0.3 is 5.32 Å². The number of anilines is 2. The summed E-state index contributed by atoms with van der Waals surface area (Å²) in [4.78, 5) is 0.234. The number of fused-ring (bicyclic) bond motifs is 3.